The molecule has 2 rings (SSSR count). The summed E-state index contributed by atoms with van der Waals surface area (Å²) < 4.78 is 2.10. The lowest BCUT2D eigenvalue weighted by Gasteiger charge is -2.01. The first kappa shape index (κ1) is 6.89. The highest BCUT2D eigenvalue weighted by molar-refractivity contribution is 4.96. The molecule has 1 aliphatic rings. The topological polar surface area (TPSA) is 17.8 Å². The Hall–Kier alpha value is -0.790. The van der Waals surface area contributed by atoms with Gasteiger partial charge in [-0.2, -0.15) is 5.10 Å². The Morgan fingerprint density at radius 3 is 3.00 bits per heavy atom. The lowest BCUT2D eigenvalue weighted by molar-refractivity contribution is 0.536. The SMILES string of the molecule is Cc1ccnn1CCC1CC1. The van der Waals surface area contributed by atoms with Crippen LogP contribution in [0.15, 0.2) is 12.3 Å². The first-order valence-corrected chi connectivity index (χ1v) is 4.34. The third kappa shape index (κ3) is 1.62. The first-order valence-electron chi connectivity index (χ1n) is 4.34. The van der Waals surface area contributed by atoms with Crippen molar-refractivity contribution in [3.63, 3.8) is 0 Å². The highest BCUT2D eigenvalue weighted by atomic mass is 15.3. The van der Waals surface area contributed by atoms with Crippen molar-refractivity contribution in [2.75, 3.05) is 0 Å². The maximum atomic E-state index is 4.23. The van der Waals surface area contributed by atoms with E-state index < -0.39 is 0 Å². The highest BCUT2D eigenvalue weighted by Crippen LogP contribution is 2.32. The molecule has 0 amide bonds. The van der Waals surface area contributed by atoms with E-state index in [1.807, 2.05) is 6.20 Å². The number of hydrogen-bond acceptors (Lipinski definition) is 1. The van der Waals surface area contributed by atoms with E-state index in [2.05, 4.69) is 22.8 Å². The van der Waals surface area contributed by atoms with Crippen molar-refractivity contribution in [1.82, 2.24) is 9.78 Å². The summed E-state index contributed by atoms with van der Waals surface area (Å²) in [5.74, 6) is 1.01. The molecule has 0 unspecified atom stereocenters. The molecule has 0 spiro atoms. The van der Waals surface area contributed by atoms with Crippen LogP contribution < -0.4 is 0 Å². The van der Waals surface area contributed by atoms with Crippen molar-refractivity contribution in [2.45, 2.75) is 32.7 Å². The van der Waals surface area contributed by atoms with Crippen molar-refractivity contribution in [3.8, 4) is 0 Å². The number of aryl methyl sites for hydroxylation is 2. The molecule has 1 fully saturated rings. The van der Waals surface area contributed by atoms with E-state index >= 15 is 0 Å². The lowest BCUT2D eigenvalue weighted by atomic mass is 10.3. The predicted molar refractivity (Wildman–Crippen MR) is 44.3 cm³/mol. The summed E-state index contributed by atoms with van der Waals surface area (Å²) in [4.78, 5) is 0. The van der Waals surface area contributed by atoms with Crippen molar-refractivity contribution in [1.29, 1.82) is 0 Å². The Labute approximate surface area is 67.2 Å². The van der Waals surface area contributed by atoms with Crippen molar-refractivity contribution >= 4 is 0 Å². The van der Waals surface area contributed by atoms with Gasteiger partial charge in [-0.1, -0.05) is 12.8 Å². The maximum Gasteiger partial charge on any atom is 0.0492 e. The van der Waals surface area contributed by atoms with Crippen LogP contribution >= 0.6 is 0 Å². The zero-order chi connectivity index (χ0) is 7.68. The molecular formula is C9H14N2. The summed E-state index contributed by atoms with van der Waals surface area (Å²) in [6, 6.07) is 2.06. The van der Waals surface area contributed by atoms with Gasteiger partial charge in [0, 0.05) is 18.4 Å². The van der Waals surface area contributed by atoms with Crippen molar-refractivity contribution < 1.29 is 0 Å². The summed E-state index contributed by atoms with van der Waals surface area (Å²) >= 11 is 0. The van der Waals surface area contributed by atoms with E-state index in [0.29, 0.717) is 0 Å². The van der Waals surface area contributed by atoms with Gasteiger partial charge in [0.15, 0.2) is 0 Å². The minimum atomic E-state index is 1.01. The zero-order valence-corrected chi connectivity index (χ0v) is 6.95. The van der Waals surface area contributed by atoms with Crippen LogP contribution in [-0.2, 0) is 6.54 Å². The number of hydrogen-bond donors (Lipinski definition) is 0. The van der Waals surface area contributed by atoms with Crippen LogP contribution in [0.25, 0.3) is 0 Å². The smallest absolute Gasteiger partial charge is 0.0492 e. The third-order valence-corrected chi connectivity index (χ3v) is 2.37. The van der Waals surface area contributed by atoms with Gasteiger partial charge in [0.05, 0.1) is 0 Å². The lowest BCUT2D eigenvalue weighted by Crippen LogP contribution is -2.02. The van der Waals surface area contributed by atoms with Crippen molar-refractivity contribution in [3.05, 3.63) is 18.0 Å². The quantitative estimate of drug-likeness (QED) is 0.644. The summed E-state index contributed by atoms with van der Waals surface area (Å²) in [5, 5.41) is 4.23. The van der Waals surface area contributed by atoms with E-state index in [1.165, 1.54) is 25.0 Å². The molecule has 60 valence electrons. The standard InChI is InChI=1S/C9H14N2/c1-8-4-6-10-11(8)7-5-9-2-3-9/h4,6,9H,2-3,5,7H2,1H3. The van der Waals surface area contributed by atoms with E-state index in [9.17, 15) is 0 Å². The first-order chi connectivity index (χ1) is 5.36. The Kier molecular flexibility index (Phi) is 1.68. The minimum Gasteiger partial charge on any atom is -0.270 e. The van der Waals surface area contributed by atoms with Gasteiger partial charge in [-0.05, 0) is 25.3 Å². The van der Waals surface area contributed by atoms with Gasteiger partial charge in [-0.3, -0.25) is 4.68 Å². The maximum absolute atomic E-state index is 4.23. The second-order valence-corrected chi connectivity index (χ2v) is 3.43. The van der Waals surface area contributed by atoms with Gasteiger partial charge >= 0.3 is 0 Å². The molecule has 2 nitrogen and oxygen atoms in total. The molecule has 0 saturated heterocycles. The van der Waals surface area contributed by atoms with Gasteiger partial charge in [0.25, 0.3) is 0 Å². The number of rotatable bonds is 3. The second-order valence-electron chi connectivity index (χ2n) is 3.43. The van der Waals surface area contributed by atoms with Gasteiger partial charge in [0.2, 0.25) is 0 Å². The summed E-state index contributed by atoms with van der Waals surface area (Å²) in [6.45, 7) is 3.23. The second kappa shape index (κ2) is 2.68. The summed E-state index contributed by atoms with van der Waals surface area (Å²) in [7, 11) is 0. The molecule has 0 aliphatic heterocycles. The molecule has 0 atom stereocenters. The molecule has 1 aliphatic carbocycles. The van der Waals surface area contributed by atoms with Gasteiger partial charge in [-0.25, -0.2) is 0 Å². The van der Waals surface area contributed by atoms with Crippen LogP contribution in [0, 0.1) is 12.8 Å². The highest BCUT2D eigenvalue weighted by Gasteiger charge is 2.20. The van der Waals surface area contributed by atoms with Gasteiger partial charge in [0.1, 0.15) is 0 Å². The average molecular weight is 150 g/mol. The molecule has 0 N–H and O–H groups in total. The number of nitrogens with zero attached hydrogens (tertiary/aromatic N) is 2. The molecular weight excluding hydrogens is 136 g/mol. The Morgan fingerprint density at radius 2 is 2.45 bits per heavy atom. The molecule has 0 radical (unpaired) electrons. The molecule has 2 heteroatoms. The molecule has 0 aromatic carbocycles. The third-order valence-electron chi connectivity index (χ3n) is 2.37. The largest absolute Gasteiger partial charge is 0.270 e. The van der Waals surface area contributed by atoms with Crippen LogP contribution in [0.2, 0.25) is 0 Å². The fraction of sp³-hybridized carbons (Fsp3) is 0.667. The van der Waals surface area contributed by atoms with E-state index in [4.69, 9.17) is 0 Å². The molecule has 1 aromatic heterocycles. The van der Waals surface area contributed by atoms with Crippen LogP contribution in [0.4, 0.5) is 0 Å². The monoisotopic (exact) mass is 150 g/mol. The van der Waals surface area contributed by atoms with Crippen LogP contribution in [0.3, 0.4) is 0 Å². The normalized spacial score (nSPS) is 17.2. The fourth-order valence-corrected chi connectivity index (χ4v) is 1.34. The van der Waals surface area contributed by atoms with Crippen LogP contribution in [-0.4, -0.2) is 9.78 Å². The Balaban J connectivity index is 1.89. The molecule has 1 heterocycles. The predicted octanol–water partition coefficient (Wildman–Crippen LogP) is 1.99. The van der Waals surface area contributed by atoms with E-state index in [-0.39, 0.29) is 0 Å². The number of aromatic nitrogens is 2. The average Bonchev–Trinajstić information content (AvgIpc) is 2.73. The van der Waals surface area contributed by atoms with Crippen LogP contribution in [0.1, 0.15) is 25.0 Å². The fourth-order valence-electron chi connectivity index (χ4n) is 1.34. The molecule has 1 saturated carbocycles. The minimum absolute atomic E-state index is 1.01. The summed E-state index contributed by atoms with van der Waals surface area (Å²) in [6.07, 6.45) is 6.09. The Morgan fingerprint density at radius 1 is 1.64 bits per heavy atom. The molecule has 11 heavy (non-hydrogen) atoms. The van der Waals surface area contributed by atoms with Crippen LogP contribution in [0.5, 0.6) is 0 Å². The van der Waals surface area contributed by atoms with Gasteiger partial charge < -0.3 is 0 Å². The van der Waals surface area contributed by atoms with E-state index in [1.54, 1.807) is 0 Å². The Bertz CT molecular complexity index is 235. The zero-order valence-electron chi connectivity index (χ0n) is 6.95. The van der Waals surface area contributed by atoms with Gasteiger partial charge in [-0.15, -0.1) is 0 Å². The van der Waals surface area contributed by atoms with Crippen molar-refractivity contribution in [2.24, 2.45) is 5.92 Å². The molecule has 0 bridgehead atoms. The summed E-state index contributed by atoms with van der Waals surface area (Å²) in [5.41, 5.74) is 1.28. The van der Waals surface area contributed by atoms with E-state index in [0.717, 1.165) is 12.5 Å². The molecule has 1 aromatic rings.